The SMILES string of the molecule is C1=CC=NC=N/C=C\Cc2ccccc2O/C=C\COC=C1. The van der Waals surface area contributed by atoms with E-state index < -0.39 is 0 Å². The van der Waals surface area contributed by atoms with Gasteiger partial charge < -0.3 is 9.47 Å². The number of nitrogens with zero attached hydrogens (tertiary/aromatic N) is 2. The van der Waals surface area contributed by atoms with Gasteiger partial charge in [-0.1, -0.05) is 30.4 Å². The van der Waals surface area contributed by atoms with Gasteiger partial charge in [-0.3, -0.25) is 0 Å². The Morgan fingerprint density at radius 2 is 1.86 bits per heavy atom. The molecular weight excluding hydrogens is 276 g/mol. The molecule has 0 atom stereocenters. The molecule has 2 rings (SSSR count). The van der Waals surface area contributed by atoms with Gasteiger partial charge in [0.25, 0.3) is 0 Å². The first-order valence-corrected chi connectivity index (χ1v) is 6.99. The molecule has 1 aliphatic rings. The lowest BCUT2D eigenvalue weighted by atomic mass is 10.1. The summed E-state index contributed by atoms with van der Waals surface area (Å²) in [7, 11) is 0. The largest absolute Gasteiger partial charge is 0.497 e. The molecule has 0 saturated heterocycles. The van der Waals surface area contributed by atoms with Crippen molar-refractivity contribution in [3.8, 4) is 5.75 Å². The van der Waals surface area contributed by atoms with E-state index in [-0.39, 0.29) is 0 Å². The standard InChI is InChI=1S/C18H18N2O2/c1-4-11-19-16-20-12-6-9-17-8-2-3-10-18(17)22-15-7-14-21-13-5-1/h1-8,10-13,15-16H,9,14H2/b4-1?,12-6-,13-5?,15-7-,19-11?,20-16?. The zero-order chi connectivity index (χ0) is 15.3. The van der Waals surface area contributed by atoms with E-state index in [1.54, 1.807) is 37.1 Å². The van der Waals surface area contributed by atoms with Crippen LogP contribution in [0, 0.1) is 0 Å². The Kier molecular flexibility index (Phi) is 7.00. The maximum absolute atomic E-state index is 5.64. The van der Waals surface area contributed by atoms with Crippen LogP contribution in [0.5, 0.6) is 5.75 Å². The molecule has 0 amide bonds. The van der Waals surface area contributed by atoms with E-state index in [0.29, 0.717) is 6.61 Å². The van der Waals surface area contributed by atoms with Crippen LogP contribution in [0.3, 0.4) is 0 Å². The molecule has 4 nitrogen and oxygen atoms in total. The van der Waals surface area contributed by atoms with Crippen LogP contribution in [0.25, 0.3) is 0 Å². The van der Waals surface area contributed by atoms with Gasteiger partial charge in [-0.2, -0.15) is 0 Å². The van der Waals surface area contributed by atoms with Crippen LogP contribution in [0.2, 0.25) is 0 Å². The molecule has 0 spiro atoms. The quantitative estimate of drug-likeness (QED) is 0.729. The highest BCUT2D eigenvalue weighted by Crippen LogP contribution is 2.19. The first-order chi connectivity index (χ1) is 11.0. The van der Waals surface area contributed by atoms with Gasteiger partial charge in [0.1, 0.15) is 18.7 Å². The van der Waals surface area contributed by atoms with Gasteiger partial charge >= 0.3 is 0 Å². The average Bonchev–Trinajstić information content (AvgIpc) is 2.55. The van der Waals surface area contributed by atoms with E-state index in [2.05, 4.69) is 9.98 Å². The number of hydrogen-bond acceptors (Lipinski definition) is 4. The lowest BCUT2D eigenvalue weighted by molar-refractivity contribution is 0.287. The Hall–Kier alpha value is -2.88. The number of ether oxygens (including phenoxy) is 2. The van der Waals surface area contributed by atoms with Crippen LogP contribution in [-0.2, 0) is 11.2 Å². The highest BCUT2D eigenvalue weighted by atomic mass is 16.5. The van der Waals surface area contributed by atoms with Gasteiger partial charge in [-0.15, -0.1) is 0 Å². The molecule has 1 aromatic rings. The van der Waals surface area contributed by atoms with Crippen molar-refractivity contribution in [3.05, 3.63) is 78.9 Å². The summed E-state index contributed by atoms with van der Waals surface area (Å²) >= 11 is 0. The second kappa shape index (κ2) is 9.94. The fourth-order valence-corrected chi connectivity index (χ4v) is 1.68. The van der Waals surface area contributed by atoms with Gasteiger partial charge in [0.05, 0.1) is 12.5 Å². The third kappa shape index (κ3) is 6.05. The number of benzene rings is 1. The number of fused-ring (bicyclic) bond motifs is 1. The summed E-state index contributed by atoms with van der Waals surface area (Å²) in [5, 5.41) is 0. The van der Waals surface area contributed by atoms with E-state index in [0.717, 1.165) is 17.7 Å². The van der Waals surface area contributed by atoms with Crippen molar-refractivity contribution in [3.63, 3.8) is 0 Å². The number of rotatable bonds is 0. The maximum atomic E-state index is 5.64. The predicted molar refractivity (Wildman–Crippen MR) is 90.3 cm³/mol. The lowest BCUT2D eigenvalue weighted by Gasteiger charge is -2.05. The van der Waals surface area contributed by atoms with Gasteiger partial charge in [0, 0.05) is 12.4 Å². The molecule has 0 fully saturated rings. The van der Waals surface area contributed by atoms with E-state index in [4.69, 9.17) is 9.47 Å². The third-order valence-electron chi connectivity index (χ3n) is 2.69. The second-order valence-corrected chi connectivity index (χ2v) is 4.30. The Morgan fingerprint density at radius 1 is 0.909 bits per heavy atom. The molecule has 0 saturated carbocycles. The van der Waals surface area contributed by atoms with E-state index in [1.807, 2.05) is 42.5 Å². The van der Waals surface area contributed by atoms with Crippen molar-refractivity contribution in [1.82, 2.24) is 0 Å². The first-order valence-electron chi connectivity index (χ1n) is 6.99. The summed E-state index contributed by atoms with van der Waals surface area (Å²) < 4.78 is 10.9. The van der Waals surface area contributed by atoms with Crippen LogP contribution in [-0.4, -0.2) is 19.2 Å². The molecule has 112 valence electrons. The van der Waals surface area contributed by atoms with Crippen molar-refractivity contribution in [1.29, 1.82) is 0 Å². The Morgan fingerprint density at radius 3 is 2.86 bits per heavy atom. The monoisotopic (exact) mass is 294 g/mol. The Bertz CT molecular complexity index is 626. The summed E-state index contributed by atoms with van der Waals surface area (Å²) in [6.07, 6.45) is 18.1. The lowest BCUT2D eigenvalue weighted by Crippen LogP contribution is -1.90. The van der Waals surface area contributed by atoms with Crippen LogP contribution >= 0.6 is 0 Å². The Labute approximate surface area is 130 Å². The van der Waals surface area contributed by atoms with E-state index in [1.165, 1.54) is 6.34 Å². The van der Waals surface area contributed by atoms with E-state index >= 15 is 0 Å². The van der Waals surface area contributed by atoms with Crippen LogP contribution < -0.4 is 4.74 Å². The molecule has 1 aliphatic heterocycles. The summed E-state index contributed by atoms with van der Waals surface area (Å²) in [6.45, 7) is 0.452. The second-order valence-electron chi connectivity index (χ2n) is 4.30. The van der Waals surface area contributed by atoms with E-state index in [9.17, 15) is 0 Å². The normalized spacial score (nSPS) is 18.4. The minimum atomic E-state index is 0.452. The summed E-state index contributed by atoms with van der Waals surface area (Å²) in [4.78, 5) is 8.09. The van der Waals surface area contributed by atoms with Crippen LogP contribution in [0.4, 0.5) is 0 Å². The molecular formula is C18H18N2O2. The fraction of sp³-hybridized carbons (Fsp3) is 0.111. The summed E-state index contributed by atoms with van der Waals surface area (Å²) in [5.41, 5.74) is 1.09. The van der Waals surface area contributed by atoms with Gasteiger partial charge in [0.2, 0.25) is 0 Å². The van der Waals surface area contributed by atoms with Crippen molar-refractivity contribution >= 4 is 12.6 Å². The topological polar surface area (TPSA) is 43.2 Å². The highest BCUT2D eigenvalue weighted by Gasteiger charge is 1.99. The minimum Gasteiger partial charge on any atom is -0.497 e. The number of hydrogen-bond donors (Lipinski definition) is 0. The molecule has 22 heavy (non-hydrogen) atoms. The number of allylic oxidation sites excluding steroid dienone is 4. The maximum Gasteiger partial charge on any atom is 0.130 e. The summed E-state index contributed by atoms with van der Waals surface area (Å²) in [6, 6.07) is 7.89. The molecule has 0 unspecified atom stereocenters. The van der Waals surface area contributed by atoms with Crippen molar-refractivity contribution in [2.45, 2.75) is 6.42 Å². The molecule has 1 heterocycles. The number of aliphatic imine (C=N–C) groups is 2. The summed E-state index contributed by atoms with van der Waals surface area (Å²) in [5.74, 6) is 0.824. The fourth-order valence-electron chi connectivity index (χ4n) is 1.68. The third-order valence-corrected chi connectivity index (χ3v) is 2.69. The molecule has 1 aromatic carbocycles. The van der Waals surface area contributed by atoms with Gasteiger partial charge in [0.15, 0.2) is 0 Å². The number of para-hydroxylation sites is 1. The molecule has 0 bridgehead atoms. The molecule has 0 N–H and O–H groups in total. The first kappa shape index (κ1) is 15.5. The molecule has 0 aromatic heterocycles. The van der Waals surface area contributed by atoms with Gasteiger partial charge in [-0.25, -0.2) is 9.98 Å². The predicted octanol–water partition coefficient (Wildman–Crippen LogP) is 3.83. The van der Waals surface area contributed by atoms with Crippen LogP contribution in [0.1, 0.15) is 5.56 Å². The average molecular weight is 294 g/mol. The zero-order valence-electron chi connectivity index (χ0n) is 12.2. The minimum absolute atomic E-state index is 0.452. The van der Waals surface area contributed by atoms with Gasteiger partial charge in [-0.05, 0) is 36.3 Å². The Balaban J connectivity index is 2.09. The van der Waals surface area contributed by atoms with Crippen molar-refractivity contribution in [2.24, 2.45) is 9.98 Å². The molecule has 4 heteroatoms. The smallest absolute Gasteiger partial charge is 0.130 e. The molecule has 0 radical (unpaired) electrons. The molecule has 0 aliphatic carbocycles. The highest BCUT2D eigenvalue weighted by molar-refractivity contribution is 5.80. The zero-order valence-corrected chi connectivity index (χ0v) is 12.2. The van der Waals surface area contributed by atoms with Crippen molar-refractivity contribution < 1.29 is 9.47 Å². The van der Waals surface area contributed by atoms with Crippen LogP contribution in [0.15, 0.2) is 83.4 Å². The van der Waals surface area contributed by atoms with Crippen molar-refractivity contribution in [2.75, 3.05) is 6.61 Å².